The van der Waals surface area contributed by atoms with Crippen molar-refractivity contribution in [2.45, 2.75) is 0 Å². The van der Waals surface area contributed by atoms with Gasteiger partial charge in [-0.05, 0) is 6.07 Å². The Morgan fingerprint density at radius 2 is 2.29 bits per heavy atom. The minimum Gasteiger partial charge on any atom is -0.384 e. The summed E-state index contributed by atoms with van der Waals surface area (Å²) in [6, 6.07) is 7.48. The van der Waals surface area contributed by atoms with Crippen molar-refractivity contribution >= 4 is 5.84 Å². The fourth-order valence-electron chi connectivity index (χ4n) is 1.27. The molecule has 2 aromatic rings. The van der Waals surface area contributed by atoms with Crippen LogP contribution >= 0.6 is 0 Å². The largest absolute Gasteiger partial charge is 0.384 e. The summed E-state index contributed by atoms with van der Waals surface area (Å²) < 4.78 is 0. The summed E-state index contributed by atoms with van der Waals surface area (Å²) in [5.41, 5.74) is 8.02. The van der Waals surface area contributed by atoms with Gasteiger partial charge < -0.3 is 10.7 Å². The molecule has 0 saturated carbocycles. The Hall–Kier alpha value is -2.10. The molecule has 4 nitrogen and oxygen atoms in total. The van der Waals surface area contributed by atoms with Gasteiger partial charge in [-0.15, -0.1) is 0 Å². The van der Waals surface area contributed by atoms with Crippen molar-refractivity contribution in [2.24, 2.45) is 5.73 Å². The molecule has 0 aliphatic rings. The summed E-state index contributed by atoms with van der Waals surface area (Å²) in [6.07, 6.45) is 3.36. The van der Waals surface area contributed by atoms with E-state index < -0.39 is 0 Å². The van der Waals surface area contributed by atoms with Crippen molar-refractivity contribution in [1.82, 2.24) is 9.97 Å². The quantitative estimate of drug-likeness (QED) is 0.489. The van der Waals surface area contributed by atoms with Gasteiger partial charge in [0.15, 0.2) is 0 Å². The van der Waals surface area contributed by atoms with Gasteiger partial charge in [0.05, 0.1) is 18.2 Å². The van der Waals surface area contributed by atoms with Gasteiger partial charge in [0.1, 0.15) is 5.84 Å². The standard InChI is InChI=1S/C10H10N4/c11-10(12)8-3-1-2-7(4-8)9-5-13-6-14-9/h1-6H,(H3,11,12)(H,13,14). The van der Waals surface area contributed by atoms with Crippen LogP contribution in [0.5, 0.6) is 0 Å². The third-order valence-corrected chi connectivity index (χ3v) is 1.98. The zero-order valence-corrected chi connectivity index (χ0v) is 7.49. The van der Waals surface area contributed by atoms with E-state index in [0.29, 0.717) is 0 Å². The fourth-order valence-corrected chi connectivity index (χ4v) is 1.27. The summed E-state index contributed by atoms with van der Waals surface area (Å²) in [5.74, 6) is 0.0753. The molecule has 1 aromatic carbocycles. The van der Waals surface area contributed by atoms with Crippen LogP contribution in [0.4, 0.5) is 0 Å². The molecule has 0 spiro atoms. The average Bonchev–Trinajstić information content (AvgIpc) is 2.71. The number of nitrogens with two attached hydrogens (primary N) is 1. The highest BCUT2D eigenvalue weighted by Crippen LogP contribution is 2.16. The first-order valence-electron chi connectivity index (χ1n) is 4.20. The summed E-state index contributed by atoms with van der Waals surface area (Å²) in [7, 11) is 0. The van der Waals surface area contributed by atoms with Gasteiger partial charge >= 0.3 is 0 Å². The maximum absolute atomic E-state index is 7.31. The Kier molecular flexibility index (Phi) is 2.02. The van der Waals surface area contributed by atoms with E-state index in [1.165, 1.54) is 0 Å². The number of benzene rings is 1. The van der Waals surface area contributed by atoms with Crippen molar-refractivity contribution in [1.29, 1.82) is 5.41 Å². The predicted molar refractivity (Wildman–Crippen MR) is 55.0 cm³/mol. The summed E-state index contributed by atoms with van der Waals surface area (Å²) in [6.45, 7) is 0. The molecular weight excluding hydrogens is 176 g/mol. The molecule has 1 aromatic heterocycles. The second-order valence-electron chi connectivity index (χ2n) is 2.96. The third-order valence-electron chi connectivity index (χ3n) is 1.98. The molecule has 0 saturated heterocycles. The van der Waals surface area contributed by atoms with Crippen LogP contribution in [0, 0.1) is 5.41 Å². The molecule has 0 radical (unpaired) electrons. The van der Waals surface area contributed by atoms with Crippen LogP contribution in [0.25, 0.3) is 11.3 Å². The van der Waals surface area contributed by atoms with Crippen LogP contribution in [0.15, 0.2) is 36.8 Å². The monoisotopic (exact) mass is 186 g/mol. The molecule has 0 unspecified atom stereocenters. The van der Waals surface area contributed by atoms with Crippen LogP contribution in [0.2, 0.25) is 0 Å². The number of nitrogens with zero attached hydrogens (tertiary/aromatic N) is 1. The number of nitrogen functional groups attached to an aromatic ring is 1. The predicted octanol–water partition coefficient (Wildman–Crippen LogP) is 1.36. The lowest BCUT2D eigenvalue weighted by Crippen LogP contribution is -2.10. The minimum atomic E-state index is 0.0753. The summed E-state index contributed by atoms with van der Waals surface area (Å²) >= 11 is 0. The molecule has 70 valence electrons. The van der Waals surface area contributed by atoms with E-state index in [9.17, 15) is 0 Å². The maximum atomic E-state index is 7.31. The minimum absolute atomic E-state index is 0.0753. The topological polar surface area (TPSA) is 78.6 Å². The highest BCUT2D eigenvalue weighted by atomic mass is 14.9. The van der Waals surface area contributed by atoms with E-state index in [-0.39, 0.29) is 5.84 Å². The Morgan fingerprint density at radius 3 is 2.93 bits per heavy atom. The number of hydrogen-bond acceptors (Lipinski definition) is 2. The Labute approximate surface area is 81.3 Å². The number of H-pyrrole nitrogens is 1. The van der Waals surface area contributed by atoms with E-state index in [1.54, 1.807) is 12.5 Å². The molecule has 0 fully saturated rings. The number of aromatic nitrogens is 2. The second-order valence-corrected chi connectivity index (χ2v) is 2.96. The third kappa shape index (κ3) is 1.50. The Balaban J connectivity index is 2.46. The average molecular weight is 186 g/mol. The molecule has 0 atom stereocenters. The summed E-state index contributed by atoms with van der Waals surface area (Å²) in [4.78, 5) is 6.93. The number of imidazole rings is 1. The van der Waals surface area contributed by atoms with E-state index in [1.807, 2.05) is 24.3 Å². The van der Waals surface area contributed by atoms with Gasteiger partial charge in [-0.3, -0.25) is 5.41 Å². The molecule has 0 bridgehead atoms. The molecule has 1 heterocycles. The molecule has 2 rings (SSSR count). The van der Waals surface area contributed by atoms with Crippen LogP contribution in [0.3, 0.4) is 0 Å². The van der Waals surface area contributed by atoms with Gasteiger partial charge in [0.25, 0.3) is 0 Å². The van der Waals surface area contributed by atoms with Gasteiger partial charge in [0.2, 0.25) is 0 Å². The van der Waals surface area contributed by atoms with Crippen LogP contribution in [-0.4, -0.2) is 15.8 Å². The normalized spacial score (nSPS) is 10.0. The molecule has 0 amide bonds. The highest BCUT2D eigenvalue weighted by Gasteiger charge is 2.01. The smallest absolute Gasteiger partial charge is 0.122 e. The van der Waals surface area contributed by atoms with E-state index >= 15 is 0 Å². The Bertz CT molecular complexity index is 445. The molecule has 14 heavy (non-hydrogen) atoms. The van der Waals surface area contributed by atoms with Gasteiger partial charge in [-0.1, -0.05) is 18.2 Å². The van der Waals surface area contributed by atoms with Crippen molar-refractivity contribution in [3.05, 3.63) is 42.4 Å². The first kappa shape index (κ1) is 8.50. The lowest BCUT2D eigenvalue weighted by atomic mass is 10.1. The second kappa shape index (κ2) is 3.33. The fraction of sp³-hybridized carbons (Fsp3) is 0. The molecule has 4 N–H and O–H groups in total. The van der Waals surface area contributed by atoms with Gasteiger partial charge in [-0.2, -0.15) is 0 Å². The number of nitrogens with one attached hydrogen (secondary N) is 2. The van der Waals surface area contributed by atoms with E-state index in [4.69, 9.17) is 11.1 Å². The van der Waals surface area contributed by atoms with Crippen molar-refractivity contribution in [3.8, 4) is 11.3 Å². The Morgan fingerprint density at radius 1 is 1.43 bits per heavy atom. The molecular formula is C10H10N4. The SMILES string of the molecule is N=C(N)c1cccc(-c2cnc[nH]2)c1. The van der Waals surface area contributed by atoms with Crippen molar-refractivity contribution in [2.75, 3.05) is 0 Å². The number of hydrogen-bond donors (Lipinski definition) is 3. The molecule has 0 aliphatic heterocycles. The zero-order chi connectivity index (χ0) is 9.97. The van der Waals surface area contributed by atoms with Crippen molar-refractivity contribution in [3.63, 3.8) is 0 Å². The van der Waals surface area contributed by atoms with Crippen LogP contribution in [0.1, 0.15) is 5.56 Å². The lowest BCUT2D eigenvalue weighted by molar-refractivity contribution is 1.31. The lowest BCUT2D eigenvalue weighted by Gasteiger charge is -2.01. The van der Waals surface area contributed by atoms with Crippen LogP contribution < -0.4 is 5.73 Å². The zero-order valence-electron chi connectivity index (χ0n) is 7.49. The van der Waals surface area contributed by atoms with E-state index in [0.717, 1.165) is 16.8 Å². The highest BCUT2D eigenvalue weighted by molar-refractivity contribution is 5.95. The van der Waals surface area contributed by atoms with E-state index in [2.05, 4.69) is 9.97 Å². The maximum Gasteiger partial charge on any atom is 0.122 e. The van der Waals surface area contributed by atoms with Gasteiger partial charge in [0, 0.05) is 11.1 Å². The molecule has 4 heteroatoms. The van der Waals surface area contributed by atoms with Crippen molar-refractivity contribution < 1.29 is 0 Å². The summed E-state index contributed by atoms with van der Waals surface area (Å²) in [5, 5.41) is 7.31. The number of rotatable bonds is 2. The molecule has 0 aliphatic carbocycles. The first-order valence-corrected chi connectivity index (χ1v) is 4.20. The number of amidine groups is 1. The van der Waals surface area contributed by atoms with Crippen LogP contribution in [-0.2, 0) is 0 Å². The number of aromatic amines is 1. The first-order chi connectivity index (χ1) is 6.77. The van der Waals surface area contributed by atoms with Gasteiger partial charge in [-0.25, -0.2) is 4.98 Å².